The first-order valence-electron chi connectivity index (χ1n) is 11.6. The fraction of sp³-hybridized carbons (Fsp3) is 0.259. The van der Waals surface area contributed by atoms with Gasteiger partial charge in [0.15, 0.2) is 0 Å². The molecule has 8 nitrogen and oxygen atoms in total. The Labute approximate surface area is 222 Å². The number of aryl methyl sites for hydroxylation is 1. The molecule has 1 atom stereocenters. The molecule has 10 heteroatoms. The van der Waals surface area contributed by atoms with Crippen molar-refractivity contribution in [1.82, 2.24) is 10.2 Å². The van der Waals surface area contributed by atoms with Gasteiger partial charge in [0.25, 0.3) is 10.0 Å². The second-order valence-electron chi connectivity index (χ2n) is 8.46. The topological polar surface area (TPSA) is 96.0 Å². The molecule has 3 rings (SSSR count). The lowest BCUT2D eigenvalue weighted by molar-refractivity contribution is -0.139. The first-order valence-corrected chi connectivity index (χ1v) is 13.4. The van der Waals surface area contributed by atoms with Crippen molar-refractivity contribution in [2.24, 2.45) is 0 Å². The highest BCUT2D eigenvalue weighted by Gasteiger charge is 2.32. The first kappa shape index (κ1) is 28.0. The summed E-state index contributed by atoms with van der Waals surface area (Å²) in [6, 6.07) is 18.8. The average molecular weight is 544 g/mol. The predicted octanol–water partition coefficient (Wildman–Crippen LogP) is 4.02. The normalized spacial score (nSPS) is 11.9. The Morgan fingerprint density at radius 2 is 1.57 bits per heavy atom. The number of methoxy groups -OCH3 is 1. The van der Waals surface area contributed by atoms with Crippen LogP contribution in [0.1, 0.15) is 18.1 Å². The van der Waals surface area contributed by atoms with E-state index in [4.69, 9.17) is 16.3 Å². The number of anilines is 1. The van der Waals surface area contributed by atoms with Gasteiger partial charge in [-0.3, -0.25) is 13.9 Å². The van der Waals surface area contributed by atoms with Crippen molar-refractivity contribution >= 4 is 39.1 Å². The third-order valence-electron chi connectivity index (χ3n) is 5.93. The van der Waals surface area contributed by atoms with Gasteiger partial charge < -0.3 is 15.0 Å². The molecular formula is C27H30ClN3O5S. The number of nitrogens with zero attached hydrogens (tertiary/aromatic N) is 2. The van der Waals surface area contributed by atoms with Crippen LogP contribution in [0.4, 0.5) is 5.69 Å². The third-order valence-corrected chi connectivity index (χ3v) is 7.97. The summed E-state index contributed by atoms with van der Waals surface area (Å²) in [4.78, 5) is 27.6. The molecule has 3 aromatic carbocycles. The van der Waals surface area contributed by atoms with E-state index in [-0.39, 0.29) is 23.0 Å². The Morgan fingerprint density at radius 3 is 2.11 bits per heavy atom. The number of benzene rings is 3. The Hall–Kier alpha value is -3.56. The molecule has 0 aromatic heterocycles. The molecule has 0 aliphatic heterocycles. The molecule has 0 saturated heterocycles. The minimum absolute atomic E-state index is 0.0434. The molecule has 1 N–H and O–H groups in total. The van der Waals surface area contributed by atoms with Gasteiger partial charge in [0.1, 0.15) is 18.3 Å². The van der Waals surface area contributed by atoms with Gasteiger partial charge >= 0.3 is 0 Å². The summed E-state index contributed by atoms with van der Waals surface area (Å²) in [5.41, 5.74) is 1.93. The lowest BCUT2D eigenvalue weighted by Crippen LogP contribution is -2.50. The second kappa shape index (κ2) is 12.1. The van der Waals surface area contributed by atoms with Crippen molar-refractivity contribution in [2.75, 3.05) is 25.0 Å². The number of hydrogen-bond donors (Lipinski definition) is 1. The number of nitrogens with one attached hydrogen (secondary N) is 1. The number of carbonyl (C=O) groups is 2. The van der Waals surface area contributed by atoms with Crippen LogP contribution in [0, 0.1) is 6.92 Å². The highest BCUT2D eigenvalue weighted by molar-refractivity contribution is 7.92. The maximum absolute atomic E-state index is 13.7. The largest absolute Gasteiger partial charge is 0.497 e. The summed E-state index contributed by atoms with van der Waals surface area (Å²) in [6.45, 7) is 3.03. The van der Waals surface area contributed by atoms with Gasteiger partial charge in [-0.15, -0.1) is 0 Å². The SMILES string of the molecule is CNC(=O)C(C)N(Cc1ccc(OC)cc1)C(=O)CN(c1ccc(Cl)cc1)S(=O)(=O)c1ccc(C)cc1. The minimum atomic E-state index is -4.12. The van der Waals surface area contributed by atoms with Crippen molar-refractivity contribution in [3.05, 3.63) is 88.9 Å². The zero-order valence-corrected chi connectivity index (χ0v) is 22.7. The molecule has 1 unspecified atom stereocenters. The zero-order chi connectivity index (χ0) is 27.2. The lowest BCUT2D eigenvalue weighted by Gasteiger charge is -2.31. The number of amides is 2. The van der Waals surface area contributed by atoms with Crippen molar-refractivity contribution in [1.29, 1.82) is 0 Å². The van der Waals surface area contributed by atoms with Gasteiger partial charge in [0.05, 0.1) is 17.7 Å². The van der Waals surface area contributed by atoms with Gasteiger partial charge in [-0.2, -0.15) is 0 Å². The standard InChI is InChI=1S/C27H30ClN3O5S/c1-19-5-15-25(16-6-19)37(34,35)31(23-11-9-22(28)10-12-23)18-26(32)30(20(2)27(33)29-3)17-21-7-13-24(36-4)14-8-21/h5-16,20H,17-18H2,1-4H3,(H,29,33). The van der Waals surface area contributed by atoms with Crippen LogP contribution < -0.4 is 14.4 Å². The molecule has 0 fully saturated rings. The Kier molecular flexibility index (Phi) is 9.18. The molecule has 196 valence electrons. The number of sulfonamides is 1. The summed E-state index contributed by atoms with van der Waals surface area (Å²) in [5, 5.41) is 2.99. The lowest BCUT2D eigenvalue weighted by atomic mass is 10.1. The van der Waals surface area contributed by atoms with Crippen LogP contribution in [0.3, 0.4) is 0 Å². The van der Waals surface area contributed by atoms with Crippen LogP contribution in [0.5, 0.6) is 5.75 Å². The molecule has 0 saturated carbocycles. The smallest absolute Gasteiger partial charge is 0.264 e. The van der Waals surface area contributed by atoms with Crippen LogP contribution in [0.25, 0.3) is 0 Å². The van der Waals surface area contributed by atoms with Crippen molar-refractivity contribution < 1.29 is 22.7 Å². The number of halogens is 1. The second-order valence-corrected chi connectivity index (χ2v) is 10.8. The molecule has 0 aliphatic rings. The first-order chi connectivity index (χ1) is 17.6. The molecule has 3 aromatic rings. The number of ether oxygens (including phenoxy) is 1. The van der Waals surface area contributed by atoms with E-state index in [9.17, 15) is 18.0 Å². The van der Waals surface area contributed by atoms with Crippen molar-refractivity contribution in [3.8, 4) is 5.75 Å². The zero-order valence-electron chi connectivity index (χ0n) is 21.1. The number of hydrogen-bond acceptors (Lipinski definition) is 5. The fourth-order valence-corrected chi connectivity index (χ4v) is 5.23. The number of carbonyl (C=O) groups excluding carboxylic acids is 2. The molecule has 0 spiro atoms. The van der Waals surface area contributed by atoms with Gasteiger partial charge in [-0.05, 0) is 67.9 Å². The van der Waals surface area contributed by atoms with Crippen LogP contribution in [0.15, 0.2) is 77.7 Å². The van der Waals surface area contributed by atoms with E-state index in [1.54, 1.807) is 62.6 Å². The molecule has 0 heterocycles. The summed E-state index contributed by atoms with van der Waals surface area (Å²) in [6.07, 6.45) is 0. The molecular weight excluding hydrogens is 514 g/mol. The Morgan fingerprint density at radius 1 is 0.973 bits per heavy atom. The van der Waals surface area contributed by atoms with Gasteiger partial charge in [0.2, 0.25) is 11.8 Å². The van der Waals surface area contributed by atoms with Crippen molar-refractivity contribution in [2.45, 2.75) is 31.3 Å². The van der Waals surface area contributed by atoms with Crippen LogP contribution >= 0.6 is 11.6 Å². The van der Waals surface area contributed by atoms with Crippen molar-refractivity contribution in [3.63, 3.8) is 0 Å². The maximum Gasteiger partial charge on any atom is 0.264 e. The Balaban J connectivity index is 2.00. The Bertz CT molecular complexity index is 1330. The van der Waals surface area contributed by atoms with Crippen LogP contribution in [0.2, 0.25) is 5.02 Å². The monoisotopic (exact) mass is 543 g/mol. The van der Waals surface area contributed by atoms with E-state index >= 15 is 0 Å². The molecule has 2 amide bonds. The summed E-state index contributed by atoms with van der Waals surface area (Å²) >= 11 is 6.03. The van der Waals surface area contributed by atoms with Crippen LogP contribution in [-0.4, -0.2) is 51.9 Å². The van der Waals surface area contributed by atoms with E-state index in [2.05, 4.69) is 5.32 Å². The van der Waals surface area contributed by atoms with E-state index in [1.165, 1.54) is 36.2 Å². The maximum atomic E-state index is 13.7. The third kappa shape index (κ3) is 6.81. The van der Waals surface area contributed by atoms with E-state index in [0.29, 0.717) is 10.8 Å². The molecule has 0 bridgehead atoms. The van der Waals surface area contributed by atoms with E-state index in [0.717, 1.165) is 15.4 Å². The fourth-order valence-electron chi connectivity index (χ4n) is 3.69. The summed E-state index contributed by atoms with van der Waals surface area (Å²) in [7, 11) is -1.08. The highest BCUT2D eigenvalue weighted by atomic mass is 35.5. The minimum Gasteiger partial charge on any atom is -0.497 e. The molecule has 0 radical (unpaired) electrons. The van der Waals surface area contributed by atoms with Gasteiger partial charge in [0, 0.05) is 18.6 Å². The highest BCUT2D eigenvalue weighted by Crippen LogP contribution is 2.26. The van der Waals surface area contributed by atoms with E-state index < -0.39 is 28.5 Å². The van der Waals surface area contributed by atoms with Crippen LogP contribution in [-0.2, 0) is 26.2 Å². The summed E-state index contributed by atoms with van der Waals surface area (Å²) in [5.74, 6) is -0.266. The number of rotatable bonds is 10. The quantitative estimate of drug-likeness (QED) is 0.417. The van der Waals surface area contributed by atoms with Gasteiger partial charge in [-0.1, -0.05) is 41.4 Å². The number of likely N-dealkylation sites (N-methyl/N-ethyl adjacent to an activating group) is 1. The molecule has 0 aliphatic carbocycles. The van der Waals surface area contributed by atoms with E-state index in [1.807, 2.05) is 6.92 Å². The average Bonchev–Trinajstić information content (AvgIpc) is 2.90. The summed E-state index contributed by atoms with van der Waals surface area (Å²) < 4.78 is 33.6. The molecule has 37 heavy (non-hydrogen) atoms. The predicted molar refractivity (Wildman–Crippen MR) is 144 cm³/mol. The van der Waals surface area contributed by atoms with Gasteiger partial charge in [-0.25, -0.2) is 8.42 Å².